The van der Waals surface area contributed by atoms with Crippen LogP contribution in [0.4, 0.5) is 4.39 Å². The molecule has 2 aliphatic heterocycles. The number of fused-ring (bicyclic) bond motifs is 5. The largest absolute Gasteiger partial charge is 0.457 e. The van der Waals surface area contributed by atoms with E-state index in [1.54, 1.807) is 43.3 Å². The molecule has 4 aromatic rings. The molecule has 53 heavy (non-hydrogen) atoms. The summed E-state index contributed by atoms with van der Waals surface area (Å²) < 4.78 is 28.3. The number of carbonyl (C=O) groups excluding carboxylic acids is 4. The van der Waals surface area contributed by atoms with Crippen LogP contribution >= 0.6 is 11.6 Å². The summed E-state index contributed by atoms with van der Waals surface area (Å²) in [6, 6.07) is 17.5. The van der Waals surface area contributed by atoms with Crippen LogP contribution in [0.2, 0.25) is 5.02 Å². The Hall–Kier alpha value is -5.60. The maximum atomic E-state index is 14.9. The Kier molecular flexibility index (Phi) is 11.5. The molecule has 0 unspecified atom stereocenters. The molecule has 6 rings (SSSR count). The van der Waals surface area contributed by atoms with Gasteiger partial charge in [-0.3, -0.25) is 24.0 Å². The quantitative estimate of drug-likeness (QED) is 0.290. The van der Waals surface area contributed by atoms with Crippen LogP contribution in [0.15, 0.2) is 77.6 Å². The Morgan fingerprint density at radius 3 is 2.55 bits per heavy atom. The molecule has 13 nitrogen and oxygen atoms in total. The minimum atomic E-state index is -0.706. The van der Waals surface area contributed by atoms with Crippen molar-refractivity contribution < 1.29 is 33.0 Å². The number of ether oxygens (including phenoxy) is 2. The number of benzene rings is 3. The number of carbonyl (C=O) groups is 4. The van der Waals surface area contributed by atoms with Crippen LogP contribution in [0.1, 0.15) is 50.9 Å². The van der Waals surface area contributed by atoms with Gasteiger partial charge in [-0.25, -0.2) is 9.07 Å². The lowest BCUT2D eigenvalue weighted by molar-refractivity contribution is -0.131. The zero-order valence-corrected chi connectivity index (χ0v) is 29.9. The number of nitrogens with one attached hydrogen (secondary N) is 2. The Balaban J connectivity index is 1.28. The second kappa shape index (κ2) is 16.4. The van der Waals surface area contributed by atoms with Gasteiger partial charge in [-0.2, -0.15) is 5.10 Å². The van der Waals surface area contributed by atoms with Crippen LogP contribution < -0.4 is 20.9 Å². The summed E-state index contributed by atoms with van der Waals surface area (Å²) >= 11 is 5.99. The third kappa shape index (κ3) is 9.45. The molecule has 0 aliphatic carbocycles. The van der Waals surface area contributed by atoms with E-state index in [1.165, 1.54) is 46.2 Å². The highest BCUT2D eigenvalue weighted by atomic mass is 35.5. The molecule has 2 aliphatic rings. The van der Waals surface area contributed by atoms with Crippen molar-refractivity contribution in [2.45, 2.75) is 52.1 Å². The molecule has 1 aromatic heterocycles. The van der Waals surface area contributed by atoms with Gasteiger partial charge in [0.25, 0.3) is 17.4 Å². The van der Waals surface area contributed by atoms with E-state index >= 15 is 0 Å². The van der Waals surface area contributed by atoms with Gasteiger partial charge in [0, 0.05) is 54.5 Å². The molecule has 0 radical (unpaired) electrons. The molecule has 0 spiro atoms. The van der Waals surface area contributed by atoms with Gasteiger partial charge in [0.15, 0.2) is 0 Å². The van der Waals surface area contributed by atoms with Gasteiger partial charge in [-0.15, -0.1) is 0 Å². The van der Waals surface area contributed by atoms with E-state index in [0.717, 1.165) is 10.2 Å². The topological polar surface area (TPSA) is 152 Å². The second-order valence-corrected chi connectivity index (χ2v) is 13.4. The minimum Gasteiger partial charge on any atom is -0.457 e. The predicted octanol–water partition coefficient (Wildman–Crippen LogP) is 3.84. The summed E-state index contributed by atoms with van der Waals surface area (Å²) in [6.45, 7) is 3.39. The van der Waals surface area contributed by atoms with E-state index in [4.69, 9.17) is 21.1 Å². The summed E-state index contributed by atoms with van der Waals surface area (Å²) in [5, 5.41) is 10.5. The zero-order chi connectivity index (χ0) is 37.6. The molecule has 1 fully saturated rings. The highest BCUT2D eigenvalue weighted by Crippen LogP contribution is 2.28. The number of likely N-dealkylation sites (tertiary alicyclic amines) is 1. The third-order valence-corrected chi connectivity index (χ3v) is 9.03. The average molecular weight is 745 g/mol. The molecule has 4 bridgehead atoms. The first kappa shape index (κ1) is 37.2. The van der Waals surface area contributed by atoms with Gasteiger partial charge in [0.05, 0.1) is 31.0 Å². The Morgan fingerprint density at radius 2 is 1.77 bits per heavy atom. The Bertz CT molecular complexity index is 2090. The lowest BCUT2D eigenvalue weighted by Gasteiger charge is -2.25. The van der Waals surface area contributed by atoms with Gasteiger partial charge in [-0.05, 0) is 73.0 Å². The van der Waals surface area contributed by atoms with Gasteiger partial charge in [0.2, 0.25) is 11.8 Å². The lowest BCUT2D eigenvalue weighted by Crippen LogP contribution is -2.49. The van der Waals surface area contributed by atoms with Gasteiger partial charge in [0.1, 0.15) is 23.9 Å². The molecule has 15 heteroatoms. The second-order valence-electron chi connectivity index (χ2n) is 13.0. The summed E-state index contributed by atoms with van der Waals surface area (Å²) in [5.41, 5.74) is 1.54. The lowest BCUT2D eigenvalue weighted by atomic mass is 10.1. The van der Waals surface area contributed by atoms with Crippen molar-refractivity contribution >= 4 is 35.2 Å². The number of halogens is 2. The Labute approximate surface area is 309 Å². The summed E-state index contributed by atoms with van der Waals surface area (Å²) in [7, 11) is 0. The van der Waals surface area contributed by atoms with Crippen molar-refractivity contribution in [2.24, 2.45) is 0 Å². The molecule has 0 saturated carbocycles. The van der Waals surface area contributed by atoms with Crippen molar-refractivity contribution in [3.8, 4) is 11.5 Å². The zero-order valence-electron chi connectivity index (χ0n) is 29.1. The fourth-order valence-corrected chi connectivity index (χ4v) is 6.34. The number of amides is 4. The molecule has 2 N–H and O–H groups in total. The smallest absolute Gasteiger partial charge is 0.267 e. The molecule has 3 aromatic carbocycles. The molecule has 276 valence electrons. The van der Waals surface area contributed by atoms with Crippen LogP contribution in [0.3, 0.4) is 0 Å². The van der Waals surface area contributed by atoms with Gasteiger partial charge < -0.3 is 29.9 Å². The highest BCUT2D eigenvalue weighted by molar-refractivity contribution is 6.30. The van der Waals surface area contributed by atoms with Crippen LogP contribution in [-0.2, 0) is 34.0 Å². The number of hydrogen-bond donors (Lipinski definition) is 2. The van der Waals surface area contributed by atoms with Crippen LogP contribution in [0, 0.1) is 12.7 Å². The highest BCUT2D eigenvalue weighted by Gasteiger charge is 2.38. The third-order valence-electron chi connectivity index (χ3n) is 8.78. The predicted molar refractivity (Wildman–Crippen MR) is 192 cm³/mol. The number of hydrogen-bond acceptors (Lipinski definition) is 8. The first-order valence-electron chi connectivity index (χ1n) is 17.1. The summed E-state index contributed by atoms with van der Waals surface area (Å²) in [5.74, 6) is -2.33. The number of rotatable bonds is 7. The van der Waals surface area contributed by atoms with E-state index < -0.39 is 47.2 Å². The first-order valence-corrected chi connectivity index (χ1v) is 17.5. The molecule has 3 heterocycles. The standard InChI is InChI=1S/C38H38ClFN6O7/c1-3-10-44-20-34(47)42-32-18-45(36(49)21-46-35(48)9-4-23(2)43-46)19-33(32)52-22-25-11-29(40)16-30(12-25)53-31-14-26(13-27(15-31)38(44)51)37(50)41-17-24-5-7-28(39)8-6-24/h4-9,11-16,32-33H,3,10,17-22H2,1-2H3,(H,41,50)(H,42,47)/t32-,33-/m1/s1. The van der Waals surface area contributed by atoms with Crippen molar-refractivity contribution in [3.63, 3.8) is 0 Å². The van der Waals surface area contributed by atoms with E-state index in [1.807, 2.05) is 6.92 Å². The van der Waals surface area contributed by atoms with E-state index in [0.29, 0.717) is 22.7 Å². The SMILES string of the molecule is CCCN1CC(=O)N[C@@H]2CN(C(=O)Cn3nc(C)ccc3=O)C[C@H]2OCc2cc(F)cc(c2)Oc2cc(C(=O)NCc3ccc(Cl)cc3)cc(c2)C1=O. The van der Waals surface area contributed by atoms with Crippen LogP contribution in [0.5, 0.6) is 11.5 Å². The van der Waals surface area contributed by atoms with Crippen LogP contribution in [-0.4, -0.2) is 81.5 Å². The van der Waals surface area contributed by atoms with E-state index in [-0.39, 0.29) is 68.5 Å². The van der Waals surface area contributed by atoms with Crippen molar-refractivity contribution in [2.75, 3.05) is 26.2 Å². The molecule has 2 atom stereocenters. The first-order chi connectivity index (χ1) is 25.4. The number of aromatic nitrogens is 2. The van der Waals surface area contributed by atoms with E-state index in [9.17, 15) is 28.4 Å². The fraction of sp³-hybridized carbons (Fsp3) is 0.316. The maximum Gasteiger partial charge on any atom is 0.267 e. The maximum absolute atomic E-state index is 14.9. The van der Waals surface area contributed by atoms with Crippen molar-refractivity contribution in [3.05, 3.63) is 122 Å². The minimum absolute atomic E-state index is 0.0611. The normalized spacial score (nSPS) is 17.5. The fourth-order valence-electron chi connectivity index (χ4n) is 6.21. The molecule has 4 amide bonds. The number of nitrogens with zero attached hydrogens (tertiary/aromatic N) is 4. The Morgan fingerprint density at radius 1 is 1.00 bits per heavy atom. The van der Waals surface area contributed by atoms with Crippen molar-refractivity contribution in [1.82, 2.24) is 30.2 Å². The average Bonchev–Trinajstić information content (AvgIpc) is 3.53. The monoisotopic (exact) mass is 744 g/mol. The molecular weight excluding hydrogens is 707 g/mol. The van der Waals surface area contributed by atoms with Crippen LogP contribution in [0.25, 0.3) is 0 Å². The van der Waals surface area contributed by atoms with E-state index in [2.05, 4.69) is 15.7 Å². The molecule has 1 saturated heterocycles. The number of aryl methyl sites for hydroxylation is 1. The van der Waals surface area contributed by atoms with Gasteiger partial charge >= 0.3 is 0 Å². The summed E-state index contributed by atoms with van der Waals surface area (Å²) in [6.07, 6.45) is -0.179. The van der Waals surface area contributed by atoms with Crippen molar-refractivity contribution in [1.29, 1.82) is 0 Å². The molecular formula is C38H38ClFN6O7. The summed E-state index contributed by atoms with van der Waals surface area (Å²) in [4.78, 5) is 69.5. The van der Waals surface area contributed by atoms with Gasteiger partial charge in [-0.1, -0.05) is 30.7 Å².